The predicted molar refractivity (Wildman–Crippen MR) is 87.6 cm³/mol. The number of hydrogen-bond acceptors (Lipinski definition) is 1. The smallest absolute Gasteiger partial charge is 0.127 e. The second-order valence-corrected chi connectivity index (χ2v) is 6.65. The molecule has 0 bridgehead atoms. The van der Waals surface area contributed by atoms with E-state index in [4.69, 9.17) is 27.9 Å². The molecule has 2 aromatic rings. The van der Waals surface area contributed by atoms with Crippen LogP contribution in [0.5, 0.6) is 5.75 Å². The molecule has 0 aromatic heterocycles. The van der Waals surface area contributed by atoms with E-state index in [1.54, 1.807) is 0 Å². The molecular formula is C16H13BrCl2O. The molecule has 1 aliphatic heterocycles. The quantitative estimate of drug-likeness (QED) is 0.613. The van der Waals surface area contributed by atoms with Crippen LogP contribution in [0.2, 0.25) is 10.0 Å². The molecule has 1 unspecified atom stereocenters. The summed E-state index contributed by atoms with van der Waals surface area (Å²) in [6, 6.07) is 9.96. The average molecular weight is 372 g/mol. The SMILES string of the molecule is Cc1cccc(C(Br)c2cc(Cl)cc3c2OCC3)c1Cl. The zero-order valence-corrected chi connectivity index (χ0v) is 14.0. The maximum absolute atomic E-state index is 6.42. The van der Waals surface area contributed by atoms with Gasteiger partial charge in [0.1, 0.15) is 5.75 Å². The van der Waals surface area contributed by atoms with Crippen molar-refractivity contribution in [3.05, 3.63) is 62.6 Å². The van der Waals surface area contributed by atoms with Gasteiger partial charge in [0.15, 0.2) is 0 Å². The molecule has 4 heteroatoms. The fraction of sp³-hybridized carbons (Fsp3) is 0.250. The molecule has 1 nitrogen and oxygen atoms in total. The Morgan fingerprint density at radius 2 is 2.00 bits per heavy atom. The minimum atomic E-state index is -0.0274. The highest BCUT2D eigenvalue weighted by Crippen LogP contribution is 2.44. The molecule has 1 aliphatic rings. The topological polar surface area (TPSA) is 9.23 Å². The maximum atomic E-state index is 6.42. The van der Waals surface area contributed by atoms with E-state index in [0.29, 0.717) is 6.61 Å². The Labute approximate surface area is 137 Å². The van der Waals surface area contributed by atoms with E-state index in [1.165, 1.54) is 5.56 Å². The molecule has 104 valence electrons. The third-order valence-corrected chi connectivity index (χ3v) is 5.27. The first-order valence-corrected chi connectivity index (χ1v) is 8.09. The van der Waals surface area contributed by atoms with E-state index in [0.717, 1.165) is 38.9 Å². The molecule has 1 heterocycles. The third kappa shape index (κ3) is 2.45. The molecule has 0 aliphatic carbocycles. The van der Waals surface area contributed by atoms with Gasteiger partial charge < -0.3 is 4.74 Å². The van der Waals surface area contributed by atoms with Gasteiger partial charge in [-0.2, -0.15) is 0 Å². The van der Waals surface area contributed by atoms with Crippen LogP contribution in [0.15, 0.2) is 30.3 Å². The number of fused-ring (bicyclic) bond motifs is 1. The third-order valence-electron chi connectivity index (χ3n) is 3.54. The largest absolute Gasteiger partial charge is 0.493 e. The molecule has 3 rings (SSSR count). The first-order chi connectivity index (χ1) is 9.58. The van der Waals surface area contributed by atoms with Crippen LogP contribution >= 0.6 is 39.1 Å². The second-order valence-electron chi connectivity index (χ2n) is 4.92. The Morgan fingerprint density at radius 3 is 2.80 bits per heavy atom. The van der Waals surface area contributed by atoms with E-state index >= 15 is 0 Å². The number of hydrogen-bond donors (Lipinski definition) is 0. The molecule has 0 N–H and O–H groups in total. The Morgan fingerprint density at radius 1 is 1.20 bits per heavy atom. The maximum Gasteiger partial charge on any atom is 0.127 e. The summed E-state index contributed by atoms with van der Waals surface area (Å²) in [5.41, 5.74) is 4.30. The highest BCUT2D eigenvalue weighted by molar-refractivity contribution is 9.09. The number of aryl methyl sites for hydroxylation is 1. The Bertz CT molecular complexity index is 670. The van der Waals surface area contributed by atoms with Crippen molar-refractivity contribution < 1.29 is 4.74 Å². The number of alkyl halides is 1. The predicted octanol–water partition coefficient (Wildman–Crippen LogP) is 5.72. The summed E-state index contributed by atoms with van der Waals surface area (Å²) >= 11 is 16.4. The van der Waals surface area contributed by atoms with Gasteiger partial charge in [-0.1, -0.05) is 57.3 Å². The van der Waals surface area contributed by atoms with E-state index in [1.807, 2.05) is 37.3 Å². The zero-order chi connectivity index (χ0) is 14.3. The lowest BCUT2D eigenvalue weighted by molar-refractivity contribution is 0.354. The molecule has 0 saturated heterocycles. The summed E-state index contributed by atoms with van der Waals surface area (Å²) in [6.45, 7) is 2.72. The van der Waals surface area contributed by atoms with Crippen LogP contribution in [0.1, 0.15) is 27.1 Å². The van der Waals surface area contributed by atoms with Gasteiger partial charge in [0.25, 0.3) is 0 Å². The van der Waals surface area contributed by atoms with Crippen molar-refractivity contribution in [3.63, 3.8) is 0 Å². The summed E-state index contributed by atoms with van der Waals surface area (Å²) in [4.78, 5) is -0.0274. The standard InChI is InChI=1S/C16H13BrCl2O/c1-9-3-2-4-12(15(9)19)14(17)13-8-11(18)7-10-5-6-20-16(10)13/h2-4,7-8,14H,5-6H2,1H3. The fourth-order valence-corrected chi connectivity index (χ4v) is 3.86. The van der Waals surface area contributed by atoms with Crippen molar-refractivity contribution in [2.45, 2.75) is 18.2 Å². The van der Waals surface area contributed by atoms with Gasteiger partial charge in [0, 0.05) is 22.0 Å². The molecule has 0 amide bonds. The minimum Gasteiger partial charge on any atom is -0.493 e. The molecule has 0 saturated carbocycles. The number of halogens is 3. The molecule has 0 radical (unpaired) electrons. The van der Waals surface area contributed by atoms with Crippen LogP contribution in [0.3, 0.4) is 0 Å². The minimum absolute atomic E-state index is 0.0274. The van der Waals surface area contributed by atoms with E-state index < -0.39 is 0 Å². The molecule has 1 atom stereocenters. The average Bonchev–Trinajstić information content (AvgIpc) is 2.88. The van der Waals surface area contributed by atoms with E-state index in [9.17, 15) is 0 Å². The van der Waals surface area contributed by atoms with Crippen LogP contribution < -0.4 is 4.74 Å². The summed E-state index contributed by atoms with van der Waals surface area (Å²) < 4.78 is 5.77. The van der Waals surface area contributed by atoms with Gasteiger partial charge >= 0.3 is 0 Å². The monoisotopic (exact) mass is 370 g/mol. The summed E-state index contributed by atoms with van der Waals surface area (Å²) in [5, 5.41) is 1.51. The summed E-state index contributed by atoms with van der Waals surface area (Å²) in [5.74, 6) is 0.939. The summed E-state index contributed by atoms with van der Waals surface area (Å²) in [7, 11) is 0. The van der Waals surface area contributed by atoms with Crippen LogP contribution in [0.25, 0.3) is 0 Å². The second kappa shape index (κ2) is 5.59. The van der Waals surface area contributed by atoms with Gasteiger partial charge in [0.05, 0.1) is 11.4 Å². The first kappa shape index (κ1) is 14.2. The molecule has 20 heavy (non-hydrogen) atoms. The van der Waals surface area contributed by atoms with Gasteiger partial charge in [0.2, 0.25) is 0 Å². The fourth-order valence-electron chi connectivity index (χ4n) is 2.52. The lowest BCUT2D eigenvalue weighted by atomic mass is 9.99. The number of benzene rings is 2. The lowest BCUT2D eigenvalue weighted by Gasteiger charge is -2.17. The van der Waals surface area contributed by atoms with E-state index in [2.05, 4.69) is 15.9 Å². The van der Waals surface area contributed by atoms with Crippen molar-refractivity contribution >= 4 is 39.1 Å². The van der Waals surface area contributed by atoms with Crippen LogP contribution in [-0.2, 0) is 6.42 Å². The first-order valence-electron chi connectivity index (χ1n) is 6.42. The normalized spacial score (nSPS) is 14.8. The Balaban J connectivity index is 2.11. The summed E-state index contributed by atoms with van der Waals surface area (Å²) in [6.07, 6.45) is 0.907. The van der Waals surface area contributed by atoms with Crippen LogP contribution in [-0.4, -0.2) is 6.61 Å². The molecule has 0 spiro atoms. The highest BCUT2D eigenvalue weighted by atomic mass is 79.9. The van der Waals surface area contributed by atoms with Crippen LogP contribution in [0, 0.1) is 6.92 Å². The number of ether oxygens (including phenoxy) is 1. The van der Waals surface area contributed by atoms with Gasteiger partial charge in [-0.15, -0.1) is 0 Å². The van der Waals surface area contributed by atoms with Gasteiger partial charge in [-0.05, 0) is 35.7 Å². The molecule has 0 fully saturated rings. The van der Waals surface area contributed by atoms with Gasteiger partial charge in [-0.25, -0.2) is 0 Å². The number of rotatable bonds is 2. The Hall–Kier alpha value is -0.700. The van der Waals surface area contributed by atoms with Crippen molar-refractivity contribution in [2.75, 3.05) is 6.61 Å². The van der Waals surface area contributed by atoms with Crippen molar-refractivity contribution in [2.24, 2.45) is 0 Å². The molecule has 2 aromatic carbocycles. The van der Waals surface area contributed by atoms with E-state index in [-0.39, 0.29) is 4.83 Å². The van der Waals surface area contributed by atoms with Crippen molar-refractivity contribution in [1.29, 1.82) is 0 Å². The zero-order valence-electron chi connectivity index (χ0n) is 10.9. The highest BCUT2D eigenvalue weighted by Gasteiger charge is 2.24. The van der Waals surface area contributed by atoms with Gasteiger partial charge in [-0.3, -0.25) is 0 Å². The Kier molecular flexibility index (Phi) is 3.98. The molecular weight excluding hydrogens is 359 g/mol. The lowest BCUT2D eigenvalue weighted by Crippen LogP contribution is -1.98. The van der Waals surface area contributed by atoms with Crippen LogP contribution in [0.4, 0.5) is 0 Å². The van der Waals surface area contributed by atoms with Crippen molar-refractivity contribution in [3.8, 4) is 5.75 Å². The van der Waals surface area contributed by atoms with Crippen molar-refractivity contribution in [1.82, 2.24) is 0 Å².